The first-order chi connectivity index (χ1) is 10.1. The summed E-state index contributed by atoms with van der Waals surface area (Å²) in [4.78, 5) is 13.9. The first-order valence-corrected chi connectivity index (χ1v) is 7.10. The van der Waals surface area contributed by atoms with E-state index in [0.717, 1.165) is 5.56 Å². The van der Waals surface area contributed by atoms with E-state index in [1.165, 1.54) is 16.7 Å². The summed E-state index contributed by atoms with van der Waals surface area (Å²) in [6.45, 7) is 4.74. The predicted molar refractivity (Wildman–Crippen MR) is 87.9 cm³/mol. The van der Waals surface area contributed by atoms with Crippen LogP contribution in [0.15, 0.2) is 54.6 Å². The highest BCUT2D eigenvalue weighted by Crippen LogP contribution is 2.10. The first kappa shape index (κ1) is 15.0. The predicted octanol–water partition coefficient (Wildman–Crippen LogP) is 3.98. The molecule has 0 spiro atoms. The van der Waals surface area contributed by atoms with Crippen LogP contribution in [0.1, 0.15) is 22.3 Å². The molecule has 1 amide bonds. The van der Waals surface area contributed by atoms with Gasteiger partial charge in [0.15, 0.2) is 0 Å². The summed E-state index contributed by atoms with van der Waals surface area (Å²) < 4.78 is 0. The van der Waals surface area contributed by atoms with Crippen molar-refractivity contribution in [3.05, 3.63) is 76.9 Å². The minimum absolute atomic E-state index is 0.0128. The third kappa shape index (κ3) is 4.32. The average Bonchev–Trinajstić information content (AvgIpc) is 2.48. The molecule has 21 heavy (non-hydrogen) atoms. The lowest BCUT2D eigenvalue weighted by Gasteiger charge is -2.16. The quantitative estimate of drug-likeness (QED) is 0.775. The first-order valence-electron chi connectivity index (χ1n) is 7.10. The van der Waals surface area contributed by atoms with Gasteiger partial charge in [0.1, 0.15) is 0 Å². The zero-order chi connectivity index (χ0) is 15.2. The number of carbonyl (C=O) groups excluding carboxylic acids is 1. The van der Waals surface area contributed by atoms with Gasteiger partial charge in [0.25, 0.3) is 0 Å². The van der Waals surface area contributed by atoms with E-state index < -0.39 is 0 Å². The molecule has 0 saturated heterocycles. The van der Waals surface area contributed by atoms with Crippen LogP contribution in [0.3, 0.4) is 0 Å². The van der Waals surface area contributed by atoms with Crippen LogP contribution in [0.25, 0.3) is 6.08 Å². The van der Waals surface area contributed by atoms with Crippen molar-refractivity contribution in [3.8, 4) is 0 Å². The Balaban J connectivity index is 1.99. The number of hydrogen-bond acceptors (Lipinski definition) is 1. The van der Waals surface area contributed by atoms with Crippen LogP contribution in [-0.2, 0) is 11.3 Å². The summed E-state index contributed by atoms with van der Waals surface area (Å²) in [5, 5.41) is 0. The minimum Gasteiger partial charge on any atom is -0.338 e. The van der Waals surface area contributed by atoms with Gasteiger partial charge in [0.05, 0.1) is 0 Å². The van der Waals surface area contributed by atoms with E-state index in [4.69, 9.17) is 0 Å². The molecule has 2 nitrogen and oxygen atoms in total. The molecule has 0 fully saturated rings. The third-order valence-corrected chi connectivity index (χ3v) is 3.54. The number of nitrogens with zero attached hydrogens (tertiary/aromatic N) is 1. The third-order valence-electron chi connectivity index (χ3n) is 3.54. The van der Waals surface area contributed by atoms with E-state index in [1.807, 2.05) is 49.5 Å². The zero-order valence-corrected chi connectivity index (χ0v) is 12.8. The molecule has 2 aromatic rings. The Bertz CT molecular complexity index is 641. The van der Waals surface area contributed by atoms with Crippen molar-refractivity contribution in [1.82, 2.24) is 4.90 Å². The molecule has 0 aromatic heterocycles. The van der Waals surface area contributed by atoms with Crippen molar-refractivity contribution in [3.63, 3.8) is 0 Å². The van der Waals surface area contributed by atoms with Crippen LogP contribution in [0, 0.1) is 13.8 Å². The molecule has 108 valence electrons. The number of rotatable bonds is 4. The number of benzene rings is 2. The molecular formula is C19H21NO. The molecule has 0 atom stereocenters. The summed E-state index contributed by atoms with van der Waals surface area (Å²) in [6, 6.07) is 16.3. The smallest absolute Gasteiger partial charge is 0.246 e. The molecule has 0 N–H and O–H groups in total. The largest absolute Gasteiger partial charge is 0.338 e. The highest BCUT2D eigenvalue weighted by Gasteiger charge is 2.07. The van der Waals surface area contributed by atoms with Crippen LogP contribution in [0.4, 0.5) is 0 Å². The molecule has 0 aliphatic carbocycles. The highest BCUT2D eigenvalue weighted by atomic mass is 16.2. The fraction of sp³-hybridized carbons (Fsp3) is 0.211. The summed E-state index contributed by atoms with van der Waals surface area (Å²) in [5.74, 6) is 0.0128. The monoisotopic (exact) mass is 279 g/mol. The Morgan fingerprint density at radius 1 is 1.05 bits per heavy atom. The lowest BCUT2D eigenvalue weighted by atomic mass is 10.1. The van der Waals surface area contributed by atoms with Crippen molar-refractivity contribution < 1.29 is 4.79 Å². The fourth-order valence-electron chi connectivity index (χ4n) is 2.09. The lowest BCUT2D eigenvalue weighted by Crippen LogP contribution is -2.24. The number of carbonyl (C=O) groups is 1. The zero-order valence-electron chi connectivity index (χ0n) is 12.8. The molecular weight excluding hydrogens is 258 g/mol. The highest BCUT2D eigenvalue weighted by molar-refractivity contribution is 5.91. The topological polar surface area (TPSA) is 20.3 Å². The van der Waals surface area contributed by atoms with E-state index in [9.17, 15) is 4.79 Å². The normalized spacial score (nSPS) is 10.8. The number of likely N-dealkylation sites (N-methyl/N-ethyl adjacent to an activating group) is 1. The van der Waals surface area contributed by atoms with Gasteiger partial charge in [0.2, 0.25) is 5.91 Å². The van der Waals surface area contributed by atoms with Gasteiger partial charge in [-0.2, -0.15) is 0 Å². The van der Waals surface area contributed by atoms with E-state index in [2.05, 4.69) is 26.0 Å². The molecule has 0 bridgehead atoms. The molecule has 2 rings (SSSR count). The Labute approximate surface area is 126 Å². The van der Waals surface area contributed by atoms with Crippen molar-refractivity contribution in [2.75, 3.05) is 7.05 Å². The standard InChI is InChI=1S/C19H21NO/c1-15-8-10-17(11-9-15)12-13-19(21)20(3)14-18-7-5-4-6-16(18)2/h4-13H,14H2,1-3H3/b13-12+. The van der Waals surface area contributed by atoms with E-state index in [-0.39, 0.29) is 5.91 Å². The summed E-state index contributed by atoms with van der Waals surface area (Å²) in [6.07, 6.45) is 3.49. The van der Waals surface area contributed by atoms with Crippen LogP contribution in [-0.4, -0.2) is 17.9 Å². The maximum Gasteiger partial charge on any atom is 0.246 e. The number of amides is 1. The Kier molecular flexibility index (Phi) is 4.94. The van der Waals surface area contributed by atoms with E-state index in [0.29, 0.717) is 6.54 Å². The van der Waals surface area contributed by atoms with Gasteiger partial charge in [-0.05, 0) is 36.6 Å². The molecule has 2 aromatic carbocycles. The summed E-state index contributed by atoms with van der Waals surface area (Å²) in [5.41, 5.74) is 4.64. The van der Waals surface area contributed by atoms with Crippen molar-refractivity contribution >= 4 is 12.0 Å². The second-order valence-electron chi connectivity index (χ2n) is 5.36. The maximum absolute atomic E-state index is 12.1. The summed E-state index contributed by atoms with van der Waals surface area (Å²) in [7, 11) is 1.83. The van der Waals surface area contributed by atoms with Crippen molar-refractivity contribution in [2.24, 2.45) is 0 Å². The second kappa shape index (κ2) is 6.89. The Morgan fingerprint density at radius 2 is 1.71 bits per heavy atom. The van der Waals surface area contributed by atoms with Gasteiger partial charge in [-0.15, -0.1) is 0 Å². The molecule has 0 heterocycles. The van der Waals surface area contributed by atoms with Crippen LogP contribution >= 0.6 is 0 Å². The Hall–Kier alpha value is -2.35. The van der Waals surface area contributed by atoms with Gasteiger partial charge in [-0.25, -0.2) is 0 Å². The molecule has 2 heteroatoms. The van der Waals surface area contributed by atoms with Crippen LogP contribution in [0.2, 0.25) is 0 Å². The lowest BCUT2D eigenvalue weighted by molar-refractivity contribution is -0.125. The van der Waals surface area contributed by atoms with E-state index >= 15 is 0 Å². The molecule has 0 unspecified atom stereocenters. The SMILES string of the molecule is Cc1ccc(/C=C/C(=O)N(C)Cc2ccccc2C)cc1. The molecule has 0 radical (unpaired) electrons. The van der Waals surface area contributed by atoms with Crippen molar-refractivity contribution in [2.45, 2.75) is 20.4 Å². The Morgan fingerprint density at radius 3 is 2.38 bits per heavy atom. The molecule has 0 aliphatic heterocycles. The van der Waals surface area contributed by atoms with Crippen LogP contribution < -0.4 is 0 Å². The summed E-state index contributed by atoms with van der Waals surface area (Å²) >= 11 is 0. The van der Waals surface area contributed by atoms with Gasteiger partial charge in [0, 0.05) is 19.7 Å². The van der Waals surface area contributed by atoms with Gasteiger partial charge < -0.3 is 4.90 Å². The molecule has 0 aliphatic rings. The minimum atomic E-state index is 0.0128. The maximum atomic E-state index is 12.1. The average molecular weight is 279 g/mol. The van der Waals surface area contributed by atoms with E-state index in [1.54, 1.807) is 11.0 Å². The fourth-order valence-corrected chi connectivity index (χ4v) is 2.09. The van der Waals surface area contributed by atoms with Crippen molar-refractivity contribution in [1.29, 1.82) is 0 Å². The van der Waals surface area contributed by atoms with Crippen LogP contribution in [0.5, 0.6) is 0 Å². The second-order valence-corrected chi connectivity index (χ2v) is 5.36. The number of hydrogen-bond donors (Lipinski definition) is 0. The van der Waals surface area contributed by atoms with Gasteiger partial charge >= 0.3 is 0 Å². The molecule has 0 saturated carbocycles. The number of aryl methyl sites for hydroxylation is 2. The van der Waals surface area contributed by atoms with Gasteiger partial charge in [-0.1, -0.05) is 54.1 Å². The van der Waals surface area contributed by atoms with Gasteiger partial charge in [-0.3, -0.25) is 4.79 Å².